The van der Waals surface area contributed by atoms with Crippen molar-refractivity contribution in [1.82, 2.24) is 10.2 Å². The number of anilines is 1. The molecule has 1 amide bonds. The maximum atomic E-state index is 11.9. The maximum absolute atomic E-state index is 11.9. The van der Waals surface area contributed by atoms with Crippen LogP contribution in [0.3, 0.4) is 0 Å². The van der Waals surface area contributed by atoms with Gasteiger partial charge in [0.15, 0.2) is 0 Å². The first-order valence-corrected chi connectivity index (χ1v) is 6.90. The van der Waals surface area contributed by atoms with Crippen LogP contribution in [0.25, 0.3) is 0 Å². The molecule has 0 fully saturated rings. The van der Waals surface area contributed by atoms with Crippen LogP contribution in [0.15, 0.2) is 24.3 Å². The molecule has 106 valence electrons. The van der Waals surface area contributed by atoms with Gasteiger partial charge in [-0.1, -0.05) is 6.92 Å². The van der Waals surface area contributed by atoms with Crippen LogP contribution in [0.4, 0.5) is 5.69 Å². The van der Waals surface area contributed by atoms with Gasteiger partial charge in [-0.15, -0.1) is 0 Å². The summed E-state index contributed by atoms with van der Waals surface area (Å²) in [6.07, 6.45) is 2.06. The highest BCUT2D eigenvalue weighted by molar-refractivity contribution is 5.94. The minimum atomic E-state index is 0.000739. The number of benzene rings is 1. The van der Waals surface area contributed by atoms with Crippen molar-refractivity contribution >= 4 is 11.6 Å². The predicted octanol–water partition coefficient (Wildman–Crippen LogP) is 2.19. The summed E-state index contributed by atoms with van der Waals surface area (Å²) in [5.74, 6) is 0.000739. The van der Waals surface area contributed by atoms with Crippen molar-refractivity contribution in [2.24, 2.45) is 0 Å². The van der Waals surface area contributed by atoms with Crippen LogP contribution in [0.2, 0.25) is 0 Å². The average Bonchev–Trinajstić information content (AvgIpc) is 2.41. The first-order valence-electron chi connectivity index (χ1n) is 6.90. The number of rotatable bonds is 8. The Hall–Kier alpha value is -1.55. The van der Waals surface area contributed by atoms with Crippen molar-refractivity contribution in [2.45, 2.75) is 19.8 Å². The van der Waals surface area contributed by atoms with Crippen molar-refractivity contribution in [3.8, 4) is 0 Å². The Morgan fingerprint density at radius 3 is 2.42 bits per heavy atom. The smallest absolute Gasteiger partial charge is 0.251 e. The molecule has 0 aliphatic heterocycles. The molecule has 1 aromatic carbocycles. The second-order valence-corrected chi connectivity index (χ2v) is 4.92. The summed E-state index contributed by atoms with van der Waals surface area (Å²) in [5.41, 5.74) is 1.78. The largest absolute Gasteiger partial charge is 0.385 e. The number of hydrogen-bond donors (Lipinski definition) is 2. The molecular formula is C15H25N3O. The minimum Gasteiger partial charge on any atom is -0.385 e. The Morgan fingerprint density at radius 1 is 1.16 bits per heavy atom. The van der Waals surface area contributed by atoms with Gasteiger partial charge in [0.1, 0.15) is 0 Å². The molecule has 2 N–H and O–H groups in total. The fourth-order valence-corrected chi connectivity index (χ4v) is 1.71. The second-order valence-electron chi connectivity index (χ2n) is 4.92. The molecule has 0 aliphatic carbocycles. The zero-order valence-electron chi connectivity index (χ0n) is 12.2. The quantitative estimate of drug-likeness (QED) is 0.707. The number of carbonyl (C=O) groups excluding carboxylic acids is 1. The van der Waals surface area contributed by atoms with E-state index in [4.69, 9.17) is 0 Å². The highest BCUT2D eigenvalue weighted by Crippen LogP contribution is 2.09. The Morgan fingerprint density at radius 2 is 1.84 bits per heavy atom. The van der Waals surface area contributed by atoms with Gasteiger partial charge in [-0.05, 0) is 57.7 Å². The van der Waals surface area contributed by atoms with Crippen LogP contribution in [0.5, 0.6) is 0 Å². The number of nitrogens with one attached hydrogen (secondary N) is 2. The summed E-state index contributed by atoms with van der Waals surface area (Å²) in [5, 5.41) is 6.22. The van der Waals surface area contributed by atoms with Gasteiger partial charge in [0.25, 0.3) is 5.91 Å². The maximum Gasteiger partial charge on any atom is 0.251 e. The topological polar surface area (TPSA) is 44.4 Å². The van der Waals surface area contributed by atoms with Crippen molar-refractivity contribution in [2.75, 3.05) is 39.0 Å². The van der Waals surface area contributed by atoms with E-state index in [0.29, 0.717) is 12.1 Å². The van der Waals surface area contributed by atoms with Gasteiger partial charge in [0.05, 0.1) is 0 Å². The Bertz CT molecular complexity index is 373. The number of nitrogens with zero attached hydrogens (tertiary/aromatic N) is 1. The number of carbonyl (C=O) groups is 1. The molecule has 1 aromatic rings. The molecular weight excluding hydrogens is 238 g/mol. The molecule has 1 rings (SSSR count). The fourth-order valence-electron chi connectivity index (χ4n) is 1.71. The van der Waals surface area contributed by atoms with Gasteiger partial charge in [-0.2, -0.15) is 0 Å². The molecule has 0 radical (unpaired) electrons. The molecule has 0 unspecified atom stereocenters. The van der Waals surface area contributed by atoms with Crippen LogP contribution >= 0.6 is 0 Å². The van der Waals surface area contributed by atoms with Crippen molar-refractivity contribution in [1.29, 1.82) is 0 Å². The average molecular weight is 263 g/mol. The molecule has 4 nitrogen and oxygen atoms in total. The van der Waals surface area contributed by atoms with Gasteiger partial charge in [0.2, 0.25) is 0 Å². The van der Waals surface area contributed by atoms with E-state index in [1.54, 1.807) is 0 Å². The lowest BCUT2D eigenvalue weighted by Gasteiger charge is -2.10. The van der Waals surface area contributed by atoms with Crippen LogP contribution in [-0.4, -0.2) is 44.5 Å². The van der Waals surface area contributed by atoms with Crippen LogP contribution in [0.1, 0.15) is 30.1 Å². The SMILES string of the molecule is CCCNc1ccc(C(=O)NCCCN(C)C)cc1. The van der Waals surface area contributed by atoms with E-state index in [-0.39, 0.29) is 5.91 Å². The van der Waals surface area contributed by atoms with Gasteiger partial charge in [-0.25, -0.2) is 0 Å². The second kappa shape index (κ2) is 8.53. The van der Waals surface area contributed by atoms with Gasteiger partial charge < -0.3 is 15.5 Å². The third-order valence-corrected chi connectivity index (χ3v) is 2.79. The Balaban J connectivity index is 2.36. The third-order valence-electron chi connectivity index (χ3n) is 2.79. The fraction of sp³-hybridized carbons (Fsp3) is 0.533. The lowest BCUT2D eigenvalue weighted by molar-refractivity contribution is 0.0952. The van der Waals surface area contributed by atoms with E-state index in [1.165, 1.54) is 0 Å². The van der Waals surface area contributed by atoms with Crippen LogP contribution in [-0.2, 0) is 0 Å². The molecule has 0 saturated carbocycles. The van der Waals surface area contributed by atoms with E-state index in [2.05, 4.69) is 22.5 Å². The highest BCUT2D eigenvalue weighted by Gasteiger charge is 2.04. The summed E-state index contributed by atoms with van der Waals surface area (Å²) in [6, 6.07) is 7.62. The molecule has 4 heteroatoms. The molecule has 0 aliphatic rings. The Kier molecular flexibility index (Phi) is 6.97. The molecule has 0 aromatic heterocycles. The standard InChI is InChI=1S/C15H25N3O/c1-4-10-16-14-8-6-13(7-9-14)15(19)17-11-5-12-18(2)3/h6-9,16H,4-5,10-12H2,1-3H3,(H,17,19). The molecule has 0 spiro atoms. The van der Waals surface area contributed by atoms with E-state index in [1.807, 2.05) is 38.4 Å². The molecule has 0 heterocycles. The lowest BCUT2D eigenvalue weighted by Crippen LogP contribution is -2.27. The van der Waals surface area contributed by atoms with E-state index < -0.39 is 0 Å². The van der Waals surface area contributed by atoms with Crippen molar-refractivity contribution in [3.05, 3.63) is 29.8 Å². The van der Waals surface area contributed by atoms with Crippen molar-refractivity contribution < 1.29 is 4.79 Å². The van der Waals surface area contributed by atoms with Crippen LogP contribution < -0.4 is 10.6 Å². The first kappa shape index (κ1) is 15.5. The molecule has 0 atom stereocenters. The summed E-state index contributed by atoms with van der Waals surface area (Å²) in [6.45, 7) is 4.78. The third kappa shape index (κ3) is 6.25. The molecule has 19 heavy (non-hydrogen) atoms. The predicted molar refractivity (Wildman–Crippen MR) is 80.7 cm³/mol. The molecule has 0 saturated heterocycles. The number of hydrogen-bond acceptors (Lipinski definition) is 3. The summed E-state index contributed by atoms with van der Waals surface area (Å²) >= 11 is 0. The Labute approximate surface area is 116 Å². The van der Waals surface area contributed by atoms with E-state index >= 15 is 0 Å². The summed E-state index contributed by atoms with van der Waals surface area (Å²) in [7, 11) is 4.06. The van der Waals surface area contributed by atoms with Gasteiger partial charge >= 0.3 is 0 Å². The zero-order chi connectivity index (χ0) is 14.1. The van der Waals surface area contributed by atoms with E-state index in [0.717, 1.165) is 31.6 Å². The zero-order valence-corrected chi connectivity index (χ0v) is 12.2. The van der Waals surface area contributed by atoms with Gasteiger partial charge in [-0.3, -0.25) is 4.79 Å². The van der Waals surface area contributed by atoms with Crippen molar-refractivity contribution in [3.63, 3.8) is 0 Å². The van der Waals surface area contributed by atoms with Gasteiger partial charge in [0, 0.05) is 24.3 Å². The molecule has 0 bridgehead atoms. The highest BCUT2D eigenvalue weighted by atomic mass is 16.1. The normalized spacial score (nSPS) is 10.5. The van der Waals surface area contributed by atoms with E-state index in [9.17, 15) is 4.79 Å². The number of amides is 1. The van der Waals surface area contributed by atoms with Crippen LogP contribution in [0, 0.1) is 0 Å². The monoisotopic (exact) mass is 263 g/mol. The lowest BCUT2D eigenvalue weighted by atomic mass is 10.2. The summed E-state index contributed by atoms with van der Waals surface area (Å²) < 4.78 is 0. The minimum absolute atomic E-state index is 0.000739. The summed E-state index contributed by atoms with van der Waals surface area (Å²) in [4.78, 5) is 14.0. The first-order chi connectivity index (χ1) is 9.13.